The third-order valence-corrected chi connectivity index (χ3v) is 1.82. The molecule has 0 saturated carbocycles. The number of amides is 1. The maximum Gasteiger partial charge on any atom is 0.234 e. The fourth-order valence-electron chi connectivity index (χ4n) is 1.05. The van der Waals surface area contributed by atoms with E-state index in [1.54, 1.807) is 12.3 Å². The Morgan fingerprint density at radius 1 is 1.53 bits per heavy atom. The highest BCUT2D eigenvalue weighted by atomic mass is 16.1. The Morgan fingerprint density at radius 3 is 3.07 bits per heavy atom. The zero-order valence-corrected chi connectivity index (χ0v) is 8.86. The van der Waals surface area contributed by atoms with E-state index in [0.29, 0.717) is 13.1 Å². The van der Waals surface area contributed by atoms with Gasteiger partial charge in [0.15, 0.2) is 0 Å². The zero-order valence-electron chi connectivity index (χ0n) is 8.86. The molecule has 1 heterocycles. The number of carbonyl (C=O) groups is 1. The second kappa shape index (κ2) is 6.89. The highest BCUT2D eigenvalue weighted by Crippen LogP contribution is 1.88. The van der Waals surface area contributed by atoms with Crippen LogP contribution in [0.15, 0.2) is 18.6 Å². The maximum absolute atomic E-state index is 11.3. The Labute approximate surface area is 89.3 Å². The second-order valence-corrected chi connectivity index (χ2v) is 3.15. The summed E-state index contributed by atoms with van der Waals surface area (Å²) in [6.07, 6.45) is 4.15. The molecule has 5 nitrogen and oxygen atoms in total. The quantitative estimate of drug-likeness (QED) is 0.650. The minimum Gasteiger partial charge on any atom is -0.349 e. The molecule has 5 heteroatoms. The molecule has 0 fully saturated rings. The SMILES string of the molecule is CCCNCC(=O)NCc1ccncn1. The average molecular weight is 208 g/mol. The van der Waals surface area contributed by atoms with Crippen LogP contribution in [0.4, 0.5) is 0 Å². The van der Waals surface area contributed by atoms with E-state index in [4.69, 9.17) is 0 Å². The Hall–Kier alpha value is -1.49. The van der Waals surface area contributed by atoms with E-state index in [0.717, 1.165) is 18.7 Å². The molecule has 1 aromatic rings. The summed E-state index contributed by atoms with van der Waals surface area (Å²) in [5.41, 5.74) is 0.814. The van der Waals surface area contributed by atoms with E-state index < -0.39 is 0 Å². The Kier molecular flexibility index (Phi) is 5.32. The molecule has 0 unspecified atom stereocenters. The van der Waals surface area contributed by atoms with Gasteiger partial charge in [-0.25, -0.2) is 9.97 Å². The van der Waals surface area contributed by atoms with Gasteiger partial charge in [-0.15, -0.1) is 0 Å². The lowest BCUT2D eigenvalue weighted by atomic mass is 10.4. The Balaban J connectivity index is 2.17. The summed E-state index contributed by atoms with van der Waals surface area (Å²) in [4.78, 5) is 19.1. The average Bonchev–Trinajstić information content (AvgIpc) is 2.28. The highest BCUT2D eigenvalue weighted by Gasteiger charge is 1.99. The van der Waals surface area contributed by atoms with Crippen LogP contribution in [0.2, 0.25) is 0 Å². The first-order valence-corrected chi connectivity index (χ1v) is 5.05. The van der Waals surface area contributed by atoms with Gasteiger partial charge in [-0.05, 0) is 19.0 Å². The molecule has 0 atom stereocenters. The normalized spacial score (nSPS) is 9.93. The molecule has 0 bridgehead atoms. The summed E-state index contributed by atoms with van der Waals surface area (Å²) in [5.74, 6) is -0.0120. The molecule has 0 aliphatic heterocycles. The molecule has 1 rings (SSSR count). The number of hydrogen-bond acceptors (Lipinski definition) is 4. The third-order valence-electron chi connectivity index (χ3n) is 1.82. The zero-order chi connectivity index (χ0) is 10.9. The number of rotatable bonds is 6. The predicted molar refractivity (Wildman–Crippen MR) is 57.0 cm³/mol. The van der Waals surface area contributed by atoms with E-state index in [1.807, 2.05) is 0 Å². The lowest BCUT2D eigenvalue weighted by molar-refractivity contribution is -0.120. The molecule has 2 N–H and O–H groups in total. The van der Waals surface area contributed by atoms with Crippen molar-refractivity contribution in [2.75, 3.05) is 13.1 Å². The maximum atomic E-state index is 11.3. The Bertz CT molecular complexity index is 289. The van der Waals surface area contributed by atoms with Crippen molar-refractivity contribution in [1.29, 1.82) is 0 Å². The van der Waals surface area contributed by atoms with Crippen LogP contribution in [0.1, 0.15) is 19.0 Å². The molecule has 0 saturated heterocycles. The fraction of sp³-hybridized carbons (Fsp3) is 0.500. The number of nitrogens with zero attached hydrogens (tertiary/aromatic N) is 2. The summed E-state index contributed by atoms with van der Waals surface area (Å²) < 4.78 is 0. The summed E-state index contributed by atoms with van der Waals surface area (Å²) >= 11 is 0. The molecule has 15 heavy (non-hydrogen) atoms. The molecule has 0 radical (unpaired) electrons. The standard InChI is InChI=1S/C10H16N4O/c1-2-4-11-7-10(15)13-6-9-3-5-12-8-14-9/h3,5,8,11H,2,4,6-7H2,1H3,(H,13,15). The van der Waals surface area contributed by atoms with Crippen LogP contribution in [0, 0.1) is 0 Å². The second-order valence-electron chi connectivity index (χ2n) is 3.15. The highest BCUT2D eigenvalue weighted by molar-refractivity contribution is 5.77. The fourth-order valence-corrected chi connectivity index (χ4v) is 1.05. The monoisotopic (exact) mass is 208 g/mol. The van der Waals surface area contributed by atoms with Gasteiger partial charge in [0.1, 0.15) is 6.33 Å². The summed E-state index contributed by atoms with van der Waals surface area (Å²) in [5, 5.41) is 5.79. The molecule has 1 aromatic heterocycles. The van der Waals surface area contributed by atoms with Gasteiger partial charge in [0.2, 0.25) is 5.91 Å². The first-order valence-electron chi connectivity index (χ1n) is 5.05. The first-order chi connectivity index (χ1) is 7.33. The number of nitrogens with one attached hydrogen (secondary N) is 2. The molecular formula is C10H16N4O. The topological polar surface area (TPSA) is 66.9 Å². The first kappa shape index (κ1) is 11.6. The molecule has 1 amide bonds. The third kappa shape index (κ3) is 5.07. The van der Waals surface area contributed by atoms with Crippen LogP contribution in [0.5, 0.6) is 0 Å². The summed E-state index contributed by atoms with van der Waals surface area (Å²) in [7, 11) is 0. The predicted octanol–water partition coefficient (Wildman–Crippen LogP) is 0.0924. The van der Waals surface area contributed by atoms with Gasteiger partial charge in [-0.2, -0.15) is 0 Å². The van der Waals surface area contributed by atoms with Crippen LogP contribution in [-0.4, -0.2) is 29.0 Å². The molecule has 0 aliphatic rings. The lowest BCUT2D eigenvalue weighted by Gasteiger charge is -2.04. The van der Waals surface area contributed by atoms with Crippen molar-refractivity contribution in [3.8, 4) is 0 Å². The van der Waals surface area contributed by atoms with Crippen molar-refractivity contribution >= 4 is 5.91 Å². The van der Waals surface area contributed by atoms with Crippen LogP contribution >= 0.6 is 0 Å². The van der Waals surface area contributed by atoms with E-state index in [1.165, 1.54) is 6.33 Å². The van der Waals surface area contributed by atoms with E-state index in [-0.39, 0.29) is 5.91 Å². The Morgan fingerprint density at radius 2 is 2.40 bits per heavy atom. The van der Waals surface area contributed by atoms with Crippen LogP contribution in [0.3, 0.4) is 0 Å². The minimum absolute atomic E-state index is 0.0120. The molecular weight excluding hydrogens is 192 g/mol. The number of hydrogen-bond donors (Lipinski definition) is 2. The minimum atomic E-state index is -0.0120. The van der Waals surface area contributed by atoms with Crippen LogP contribution in [-0.2, 0) is 11.3 Å². The molecule has 0 aromatic carbocycles. The van der Waals surface area contributed by atoms with Crippen molar-refractivity contribution in [1.82, 2.24) is 20.6 Å². The van der Waals surface area contributed by atoms with Gasteiger partial charge in [-0.1, -0.05) is 6.92 Å². The van der Waals surface area contributed by atoms with Crippen molar-refractivity contribution in [2.24, 2.45) is 0 Å². The smallest absolute Gasteiger partial charge is 0.234 e. The van der Waals surface area contributed by atoms with Gasteiger partial charge in [0.05, 0.1) is 18.8 Å². The largest absolute Gasteiger partial charge is 0.349 e. The molecule has 82 valence electrons. The van der Waals surface area contributed by atoms with Gasteiger partial charge in [-0.3, -0.25) is 4.79 Å². The van der Waals surface area contributed by atoms with E-state index in [2.05, 4.69) is 27.5 Å². The van der Waals surface area contributed by atoms with Gasteiger partial charge in [0.25, 0.3) is 0 Å². The van der Waals surface area contributed by atoms with Gasteiger partial charge >= 0.3 is 0 Å². The van der Waals surface area contributed by atoms with Crippen LogP contribution in [0.25, 0.3) is 0 Å². The van der Waals surface area contributed by atoms with Crippen molar-refractivity contribution < 1.29 is 4.79 Å². The van der Waals surface area contributed by atoms with Gasteiger partial charge < -0.3 is 10.6 Å². The summed E-state index contributed by atoms with van der Waals surface area (Å²) in [6, 6.07) is 1.78. The number of carbonyl (C=O) groups excluding carboxylic acids is 1. The molecule has 0 spiro atoms. The molecule has 0 aliphatic carbocycles. The van der Waals surface area contributed by atoms with Crippen molar-refractivity contribution in [2.45, 2.75) is 19.9 Å². The van der Waals surface area contributed by atoms with Crippen LogP contribution < -0.4 is 10.6 Å². The van der Waals surface area contributed by atoms with Gasteiger partial charge in [0, 0.05) is 6.20 Å². The van der Waals surface area contributed by atoms with E-state index in [9.17, 15) is 4.79 Å². The summed E-state index contributed by atoms with van der Waals surface area (Å²) in [6.45, 7) is 3.74. The number of aromatic nitrogens is 2. The van der Waals surface area contributed by atoms with Crippen molar-refractivity contribution in [3.63, 3.8) is 0 Å². The lowest BCUT2D eigenvalue weighted by Crippen LogP contribution is -2.33. The van der Waals surface area contributed by atoms with Crippen molar-refractivity contribution in [3.05, 3.63) is 24.3 Å². The van der Waals surface area contributed by atoms with E-state index >= 15 is 0 Å².